The number of nitrogens with two attached hydrogens (primary N) is 6. The van der Waals surface area contributed by atoms with Crippen molar-refractivity contribution in [2.24, 2.45) is 40.3 Å². The summed E-state index contributed by atoms with van der Waals surface area (Å²) in [5.41, 5.74) is 33.9. The van der Waals surface area contributed by atoms with Gasteiger partial charge in [0.05, 0.1) is 12.6 Å². The number of phenols is 1. The van der Waals surface area contributed by atoms with Gasteiger partial charge < -0.3 is 161 Å². The smallest absolute Gasteiger partial charge is 0.326 e. The van der Waals surface area contributed by atoms with E-state index in [1.54, 1.807) is 44.2 Å². The number of carboxylic acids is 1. The Kier molecular flexibility index (Phi) is 54.5. The van der Waals surface area contributed by atoms with Crippen LogP contribution in [0.25, 0.3) is 0 Å². The fourth-order valence-electron chi connectivity index (χ4n) is 14.6. The standard InChI is InChI=1S/C84H140N34O18S4/c1-44(2)36-57(78(135)136)113-67(124)50(18-8-30-99-80(87)88)108-74(131)59(41-138)117-71(128)54(22-12-34-103-84(95)96)110-76(133)61(43-140)115-69(126)52(20-10-32-101-82(91)92)106-72(129)56(37-45-14-4-3-5-15-45)112-77(134)62-23-13-35-118(62)63(120)39-104-64(121)55(38-46-24-26-47(119)27-25-46)111-66(123)49(17-7-29-98-79(85)86)107-73(130)58(40-137)116-70(127)53(21-11-33-102-83(93)94)109-75(132)60(42-139)114-68(125)51(19-9-31-100-81(89)90)105-65(122)48-16-6-28-97-48/h3-5,14-15,24-27,44,48-62,97,119,137-140H,6-13,16-23,28-43H2,1-2H3,(H,104,121)(H,105,122)(H,106,129)(H,107,130)(H,108,131)(H,109,132)(H,110,133)(H,111,123)(H,112,134)(H,113,124)(H,114,125)(H,115,126)(H,116,127)(H,117,128)(H,135,136)(H4,85,86,98)(H4,87,88,99)(H4,89,90,100)(H4,91,92,101)(H4,93,94,102)(H4,95,96,103)/t48-,49-,50-,51-,52-,53-,54-,55-,56-,57-,58-,59-,60-,61-,62-/m0/s1. The number of carbonyl (C=O) groups excluding carboxylic acids is 15. The number of hydrogen-bond donors (Lipinski definition) is 39. The van der Waals surface area contributed by atoms with Gasteiger partial charge in [0, 0.05) is 81.7 Å². The van der Waals surface area contributed by atoms with Crippen molar-refractivity contribution in [1.82, 2.24) is 117 Å². The van der Waals surface area contributed by atoms with Crippen LogP contribution < -0.4 is 146 Å². The lowest BCUT2D eigenvalue weighted by molar-refractivity contribution is -0.143. The average Bonchev–Trinajstić information content (AvgIpc) is 1.79. The molecule has 2 aromatic rings. The van der Waals surface area contributed by atoms with Gasteiger partial charge in [-0.1, -0.05) is 56.3 Å². The Labute approximate surface area is 832 Å². The lowest BCUT2D eigenvalue weighted by Gasteiger charge is -2.29. The molecule has 140 heavy (non-hydrogen) atoms. The number of rotatable bonds is 64. The van der Waals surface area contributed by atoms with E-state index in [-0.39, 0.29) is 184 Å². The van der Waals surface area contributed by atoms with Crippen molar-refractivity contribution in [2.75, 3.05) is 81.9 Å². The molecule has 2 heterocycles. The highest BCUT2D eigenvalue weighted by Crippen LogP contribution is 2.21. The number of nitrogens with zero attached hydrogens (tertiary/aromatic N) is 1. The third-order valence-electron chi connectivity index (χ3n) is 21.9. The minimum atomic E-state index is -1.59. The fraction of sp³-hybridized carbons (Fsp3) is 0.595. The summed E-state index contributed by atoms with van der Waals surface area (Å²) < 4.78 is 0. The number of phenolic OH excluding ortho intramolecular Hbond substituents is 1. The van der Waals surface area contributed by atoms with E-state index in [4.69, 9.17) is 66.9 Å². The number of benzene rings is 2. The van der Waals surface area contributed by atoms with Crippen molar-refractivity contribution in [3.05, 3.63) is 65.7 Å². The number of carboxylic acid groups (broad SMARTS) is 1. The van der Waals surface area contributed by atoms with Crippen LogP contribution in [0, 0.1) is 38.4 Å². The lowest BCUT2D eigenvalue weighted by atomic mass is 10.0. The van der Waals surface area contributed by atoms with E-state index >= 15 is 0 Å². The number of nitrogens with one attached hydrogen (secondary N) is 27. The highest BCUT2D eigenvalue weighted by Gasteiger charge is 2.41. The van der Waals surface area contributed by atoms with Gasteiger partial charge in [-0.3, -0.25) is 104 Å². The third kappa shape index (κ3) is 45.6. The molecule has 0 radical (unpaired) electrons. The van der Waals surface area contributed by atoms with Crippen LogP contribution in [0.15, 0.2) is 54.6 Å². The summed E-state index contributed by atoms with van der Waals surface area (Å²) in [6.45, 7) is 3.46. The number of aliphatic carboxylic acids is 1. The summed E-state index contributed by atoms with van der Waals surface area (Å²) in [5, 5.41) is 121. The Morgan fingerprint density at radius 1 is 0.364 bits per heavy atom. The van der Waals surface area contributed by atoms with Gasteiger partial charge in [0.15, 0.2) is 35.8 Å². The van der Waals surface area contributed by atoms with E-state index in [0.29, 0.717) is 24.1 Å². The number of amides is 15. The number of aromatic hydroxyl groups is 1. The normalized spacial score (nSPS) is 15.9. The second kappa shape index (κ2) is 64.1. The second-order valence-corrected chi connectivity index (χ2v) is 35.0. The van der Waals surface area contributed by atoms with E-state index in [9.17, 15) is 86.9 Å². The first-order chi connectivity index (χ1) is 66.5. The zero-order valence-electron chi connectivity index (χ0n) is 78.2. The molecule has 0 saturated carbocycles. The summed E-state index contributed by atoms with van der Waals surface area (Å²) in [6, 6.07) is -7.29. The van der Waals surface area contributed by atoms with Gasteiger partial charge >= 0.3 is 5.97 Å². The highest BCUT2D eigenvalue weighted by molar-refractivity contribution is 7.80. The van der Waals surface area contributed by atoms with E-state index in [1.807, 2.05) is 0 Å². The molecule has 0 aromatic heterocycles. The molecule has 15 amide bonds. The number of likely N-dealkylation sites (tertiary alicyclic amines) is 1. The van der Waals surface area contributed by atoms with Gasteiger partial charge in [0.1, 0.15) is 90.3 Å². The van der Waals surface area contributed by atoms with Crippen molar-refractivity contribution in [1.29, 1.82) is 32.5 Å². The molecule has 0 spiro atoms. The van der Waals surface area contributed by atoms with Crippen molar-refractivity contribution in [3.63, 3.8) is 0 Å². The molecule has 2 aromatic carbocycles. The molecule has 41 N–H and O–H groups in total. The molecule has 0 aliphatic carbocycles. The van der Waals surface area contributed by atoms with Crippen LogP contribution in [0.3, 0.4) is 0 Å². The van der Waals surface area contributed by atoms with Crippen LogP contribution in [-0.2, 0) is 89.6 Å². The molecule has 778 valence electrons. The Morgan fingerprint density at radius 3 is 0.957 bits per heavy atom. The SMILES string of the molecule is CC(C)C[C@H](NC(=O)[C@H](CCCNC(=N)N)NC(=O)[C@H](CS)NC(=O)[C@H](CCCNC(=N)N)NC(=O)[C@H](CS)NC(=O)[C@H](CCCNC(=N)N)NC(=O)[C@H](Cc1ccccc1)NC(=O)[C@@H]1CCCN1C(=O)CNC(=O)[C@H](Cc1ccc(O)cc1)NC(=O)[C@H](CCCNC(=N)N)NC(=O)[C@H](CS)NC(=O)[C@H](CCCNC(=N)N)NC(=O)[C@H](CS)NC(=O)[C@H](CCCNC(=N)N)NC(=O)[C@@H]1CCCN1)C(=O)O. The van der Waals surface area contributed by atoms with E-state index < -0.39 is 233 Å². The molecule has 56 heteroatoms. The zero-order valence-corrected chi connectivity index (χ0v) is 81.8. The highest BCUT2D eigenvalue weighted by atomic mass is 32.1. The molecule has 2 aliphatic rings. The van der Waals surface area contributed by atoms with Gasteiger partial charge in [-0.2, -0.15) is 50.5 Å². The van der Waals surface area contributed by atoms with Crippen LogP contribution in [0.4, 0.5) is 0 Å². The van der Waals surface area contributed by atoms with Crippen LogP contribution in [0.2, 0.25) is 0 Å². The van der Waals surface area contributed by atoms with Crippen LogP contribution in [-0.4, -0.2) is 318 Å². The molecule has 15 atom stereocenters. The molecule has 2 saturated heterocycles. The van der Waals surface area contributed by atoms with Gasteiger partial charge in [-0.15, -0.1) is 0 Å². The quantitative estimate of drug-likeness (QED) is 0.0127. The maximum atomic E-state index is 15.0. The minimum Gasteiger partial charge on any atom is -0.508 e. The molecule has 0 unspecified atom stereocenters. The molecule has 2 fully saturated rings. The topological polar surface area (TPSA) is 869 Å². The lowest BCUT2D eigenvalue weighted by Crippen LogP contribution is -2.61. The summed E-state index contributed by atoms with van der Waals surface area (Å²) in [4.78, 5) is 229. The summed E-state index contributed by atoms with van der Waals surface area (Å²) >= 11 is 17.3. The monoisotopic (exact) mass is 2040 g/mol. The summed E-state index contributed by atoms with van der Waals surface area (Å²) in [7, 11) is 0. The van der Waals surface area contributed by atoms with E-state index in [2.05, 4.69) is 162 Å². The largest absolute Gasteiger partial charge is 0.508 e. The summed E-state index contributed by atoms with van der Waals surface area (Å²) in [5.74, 6) is -19.1. The Morgan fingerprint density at radius 2 is 0.650 bits per heavy atom. The molecule has 52 nitrogen and oxygen atoms in total. The zero-order chi connectivity index (χ0) is 104. The van der Waals surface area contributed by atoms with E-state index in [1.165, 1.54) is 24.3 Å². The fourth-order valence-corrected chi connectivity index (χ4v) is 15.6. The molecule has 2 aliphatic heterocycles. The molecular weight excluding hydrogens is 1900 g/mol. The first-order valence-corrected chi connectivity index (χ1v) is 48.2. The number of guanidine groups is 6. The Hall–Kier alpha value is -13.3. The maximum Gasteiger partial charge on any atom is 0.326 e. The van der Waals surface area contributed by atoms with Crippen LogP contribution in [0.5, 0.6) is 5.75 Å². The number of thiol groups is 4. The van der Waals surface area contributed by atoms with Gasteiger partial charge in [-0.05, 0) is 145 Å². The van der Waals surface area contributed by atoms with Crippen molar-refractivity contribution in [3.8, 4) is 5.75 Å². The van der Waals surface area contributed by atoms with Crippen molar-refractivity contribution < 1.29 is 86.9 Å². The summed E-state index contributed by atoms with van der Waals surface area (Å²) in [6.07, 6.45) is 0.711. The van der Waals surface area contributed by atoms with Gasteiger partial charge in [0.2, 0.25) is 88.6 Å². The van der Waals surface area contributed by atoms with E-state index in [0.717, 1.165) is 11.3 Å². The van der Waals surface area contributed by atoms with Crippen molar-refractivity contribution >= 4 is 181 Å². The first kappa shape index (κ1) is 119. The molecule has 0 bridgehead atoms. The number of hydrogen-bond acceptors (Lipinski definition) is 28. The molecule has 4 rings (SSSR count). The maximum absolute atomic E-state index is 15.0. The molecular formula is C84H140N34O18S4. The predicted octanol–water partition coefficient (Wildman–Crippen LogP) is -9.23. The van der Waals surface area contributed by atoms with Gasteiger partial charge in [0.25, 0.3) is 0 Å². The Balaban J connectivity index is 1.60. The second-order valence-electron chi connectivity index (χ2n) is 33.6. The first-order valence-electron chi connectivity index (χ1n) is 45.7. The number of carbonyl (C=O) groups is 16. The predicted molar refractivity (Wildman–Crippen MR) is 533 cm³/mol. The Bertz CT molecular complexity index is 4530. The third-order valence-corrected chi connectivity index (χ3v) is 23.3. The van der Waals surface area contributed by atoms with Crippen molar-refractivity contribution in [2.45, 2.75) is 226 Å². The average molecular weight is 2040 g/mol. The minimum absolute atomic E-state index is 0.00272. The van der Waals surface area contributed by atoms with Gasteiger partial charge in [-0.25, -0.2) is 4.79 Å². The van der Waals surface area contributed by atoms with Crippen LogP contribution >= 0.6 is 50.5 Å². The van der Waals surface area contributed by atoms with Crippen LogP contribution in [0.1, 0.15) is 134 Å².